The minimum Gasteiger partial charge on any atom is -0.393 e. The fourth-order valence-electron chi connectivity index (χ4n) is 2.66. The number of aliphatic hydroxyl groups is 1. The highest BCUT2D eigenvalue weighted by atomic mass is 16.3. The van der Waals surface area contributed by atoms with Gasteiger partial charge in [-0.05, 0) is 25.7 Å². The highest BCUT2D eigenvalue weighted by Crippen LogP contribution is 2.35. The van der Waals surface area contributed by atoms with E-state index >= 15 is 0 Å². The molecule has 2 heterocycles. The Labute approximate surface area is 77.7 Å². The van der Waals surface area contributed by atoms with Gasteiger partial charge in [0, 0.05) is 12.1 Å². The van der Waals surface area contributed by atoms with Gasteiger partial charge in [0.25, 0.3) is 0 Å². The van der Waals surface area contributed by atoms with Crippen molar-refractivity contribution in [1.82, 2.24) is 4.90 Å². The number of hydrogen-bond acceptors (Lipinski definition) is 3. The maximum atomic E-state index is 11.5. The maximum absolute atomic E-state index is 11.5. The summed E-state index contributed by atoms with van der Waals surface area (Å²) in [4.78, 5) is 13.3. The molecule has 2 aliphatic heterocycles. The Morgan fingerprint density at radius 2 is 1.92 bits per heavy atom. The van der Waals surface area contributed by atoms with Crippen molar-refractivity contribution in [2.24, 2.45) is 5.73 Å². The molecule has 2 rings (SSSR count). The molecule has 4 heteroatoms. The van der Waals surface area contributed by atoms with Crippen molar-refractivity contribution in [2.75, 3.05) is 6.54 Å². The van der Waals surface area contributed by atoms with Crippen LogP contribution in [-0.2, 0) is 4.79 Å². The molecular weight excluding hydrogens is 168 g/mol. The lowest BCUT2D eigenvalue weighted by Gasteiger charge is -2.36. The Bertz CT molecular complexity index is 206. The second-order valence-electron chi connectivity index (χ2n) is 4.02. The predicted octanol–water partition coefficient (Wildman–Crippen LogP) is -0.541. The van der Waals surface area contributed by atoms with Crippen LogP contribution in [0, 0.1) is 0 Å². The number of aliphatic hydroxyl groups excluding tert-OH is 1. The summed E-state index contributed by atoms with van der Waals surface area (Å²) in [5, 5.41) is 9.49. The summed E-state index contributed by atoms with van der Waals surface area (Å²) in [6.45, 7) is 0.100. The van der Waals surface area contributed by atoms with E-state index in [-0.39, 0.29) is 30.6 Å². The van der Waals surface area contributed by atoms with E-state index in [9.17, 15) is 9.90 Å². The molecule has 0 radical (unpaired) electrons. The van der Waals surface area contributed by atoms with Crippen LogP contribution in [0.1, 0.15) is 25.7 Å². The Balaban J connectivity index is 2.10. The van der Waals surface area contributed by atoms with Gasteiger partial charge < -0.3 is 15.7 Å². The first-order valence-corrected chi connectivity index (χ1v) is 4.91. The molecule has 0 spiro atoms. The number of carbonyl (C=O) groups is 1. The Morgan fingerprint density at radius 3 is 2.38 bits per heavy atom. The summed E-state index contributed by atoms with van der Waals surface area (Å²) in [7, 11) is 0. The minimum atomic E-state index is -0.209. The number of rotatable bonds is 1. The topological polar surface area (TPSA) is 66.6 Å². The molecule has 1 amide bonds. The van der Waals surface area contributed by atoms with Crippen LogP contribution in [0.4, 0.5) is 0 Å². The van der Waals surface area contributed by atoms with Crippen LogP contribution in [0.3, 0.4) is 0 Å². The molecule has 0 aromatic carbocycles. The summed E-state index contributed by atoms with van der Waals surface area (Å²) in [6, 6.07) is 0.509. The van der Waals surface area contributed by atoms with Crippen LogP contribution in [0.15, 0.2) is 0 Å². The quantitative estimate of drug-likeness (QED) is 0.575. The van der Waals surface area contributed by atoms with Gasteiger partial charge in [0.1, 0.15) is 0 Å². The van der Waals surface area contributed by atoms with Crippen LogP contribution in [0.5, 0.6) is 0 Å². The molecule has 2 fully saturated rings. The highest BCUT2D eigenvalue weighted by Gasteiger charge is 2.41. The van der Waals surface area contributed by atoms with Crippen molar-refractivity contribution in [3.05, 3.63) is 0 Å². The molecule has 0 saturated carbocycles. The molecule has 0 aliphatic carbocycles. The minimum absolute atomic E-state index is 0.0411. The average molecular weight is 184 g/mol. The molecule has 4 nitrogen and oxygen atoms in total. The second-order valence-corrected chi connectivity index (χ2v) is 4.02. The van der Waals surface area contributed by atoms with Crippen LogP contribution in [0.2, 0.25) is 0 Å². The number of nitrogens with two attached hydrogens (primary N) is 1. The molecule has 0 aromatic rings. The fraction of sp³-hybridized carbons (Fsp3) is 0.889. The summed E-state index contributed by atoms with van der Waals surface area (Å²) >= 11 is 0. The number of amides is 1. The van der Waals surface area contributed by atoms with Crippen molar-refractivity contribution < 1.29 is 9.90 Å². The van der Waals surface area contributed by atoms with E-state index < -0.39 is 0 Å². The molecule has 74 valence electrons. The zero-order valence-electron chi connectivity index (χ0n) is 7.65. The van der Waals surface area contributed by atoms with Crippen molar-refractivity contribution >= 4 is 5.91 Å². The molecular formula is C9H16N2O2. The third-order valence-electron chi connectivity index (χ3n) is 3.17. The number of carbonyl (C=O) groups excluding carboxylic acids is 1. The smallest absolute Gasteiger partial charge is 0.236 e. The highest BCUT2D eigenvalue weighted by molar-refractivity contribution is 5.79. The van der Waals surface area contributed by atoms with Gasteiger partial charge in [-0.25, -0.2) is 0 Å². The Morgan fingerprint density at radius 1 is 1.38 bits per heavy atom. The van der Waals surface area contributed by atoms with E-state index in [1.807, 2.05) is 4.90 Å². The molecule has 3 N–H and O–H groups in total. The molecule has 2 saturated heterocycles. The zero-order chi connectivity index (χ0) is 9.42. The number of hydrogen-bond donors (Lipinski definition) is 2. The third kappa shape index (κ3) is 1.44. The van der Waals surface area contributed by atoms with Gasteiger partial charge in [-0.3, -0.25) is 4.79 Å². The van der Waals surface area contributed by atoms with E-state index in [0.717, 1.165) is 25.7 Å². The fourth-order valence-corrected chi connectivity index (χ4v) is 2.66. The third-order valence-corrected chi connectivity index (χ3v) is 3.17. The number of fused-ring (bicyclic) bond motifs is 2. The Hall–Kier alpha value is -0.610. The van der Waals surface area contributed by atoms with E-state index in [2.05, 4.69) is 0 Å². The first-order valence-electron chi connectivity index (χ1n) is 4.91. The zero-order valence-corrected chi connectivity index (χ0v) is 7.65. The second kappa shape index (κ2) is 3.27. The van der Waals surface area contributed by atoms with E-state index in [0.29, 0.717) is 0 Å². The van der Waals surface area contributed by atoms with Gasteiger partial charge >= 0.3 is 0 Å². The van der Waals surface area contributed by atoms with Crippen LogP contribution in [-0.4, -0.2) is 40.6 Å². The summed E-state index contributed by atoms with van der Waals surface area (Å²) in [6.07, 6.45) is 3.34. The van der Waals surface area contributed by atoms with Gasteiger partial charge in [-0.2, -0.15) is 0 Å². The van der Waals surface area contributed by atoms with Crippen LogP contribution in [0.25, 0.3) is 0 Å². The van der Waals surface area contributed by atoms with Gasteiger partial charge in [-0.15, -0.1) is 0 Å². The molecule has 2 atom stereocenters. The predicted molar refractivity (Wildman–Crippen MR) is 48.0 cm³/mol. The van der Waals surface area contributed by atoms with Gasteiger partial charge in [0.2, 0.25) is 5.91 Å². The van der Waals surface area contributed by atoms with E-state index in [4.69, 9.17) is 5.73 Å². The van der Waals surface area contributed by atoms with Gasteiger partial charge in [0.15, 0.2) is 0 Å². The number of nitrogens with zero attached hydrogens (tertiary/aromatic N) is 1. The van der Waals surface area contributed by atoms with E-state index in [1.54, 1.807) is 0 Å². The maximum Gasteiger partial charge on any atom is 0.236 e. The SMILES string of the molecule is NCC(=O)N1C2CCC1CC(O)C2. The molecule has 2 bridgehead atoms. The molecule has 2 aliphatic rings. The average Bonchev–Trinajstić information content (AvgIpc) is 2.37. The van der Waals surface area contributed by atoms with Crippen LogP contribution < -0.4 is 5.73 Å². The standard InChI is InChI=1S/C9H16N2O2/c10-5-9(13)11-6-1-2-7(11)4-8(12)3-6/h6-8,12H,1-5,10H2. The number of piperidine rings is 1. The first kappa shape index (κ1) is 8.97. The molecule has 2 unspecified atom stereocenters. The lowest BCUT2D eigenvalue weighted by molar-refractivity contribution is -0.135. The lowest BCUT2D eigenvalue weighted by atomic mass is 10.00. The van der Waals surface area contributed by atoms with Crippen molar-refractivity contribution in [2.45, 2.75) is 43.9 Å². The van der Waals surface area contributed by atoms with E-state index in [1.165, 1.54) is 0 Å². The summed E-state index contributed by atoms with van der Waals surface area (Å²) < 4.78 is 0. The monoisotopic (exact) mass is 184 g/mol. The summed E-state index contributed by atoms with van der Waals surface area (Å²) in [5.74, 6) is 0.0411. The normalized spacial score (nSPS) is 38.0. The Kier molecular flexibility index (Phi) is 2.26. The van der Waals surface area contributed by atoms with Crippen molar-refractivity contribution in [3.63, 3.8) is 0 Å². The van der Waals surface area contributed by atoms with Gasteiger partial charge in [0.05, 0.1) is 12.6 Å². The lowest BCUT2D eigenvalue weighted by Crippen LogP contribution is -2.50. The molecule has 13 heavy (non-hydrogen) atoms. The van der Waals surface area contributed by atoms with Crippen molar-refractivity contribution in [1.29, 1.82) is 0 Å². The molecule has 0 aromatic heterocycles. The van der Waals surface area contributed by atoms with Crippen molar-refractivity contribution in [3.8, 4) is 0 Å². The summed E-state index contributed by atoms with van der Waals surface area (Å²) in [5.41, 5.74) is 5.34. The largest absolute Gasteiger partial charge is 0.393 e. The first-order chi connectivity index (χ1) is 6.22. The van der Waals surface area contributed by atoms with Crippen LogP contribution >= 0.6 is 0 Å². The van der Waals surface area contributed by atoms with Gasteiger partial charge in [-0.1, -0.05) is 0 Å².